The van der Waals surface area contributed by atoms with E-state index >= 15 is 0 Å². The van der Waals surface area contributed by atoms with Crippen LogP contribution in [0.15, 0.2) is 71.8 Å². The van der Waals surface area contributed by atoms with Crippen LogP contribution in [-0.2, 0) is 4.79 Å². The van der Waals surface area contributed by atoms with Gasteiger partial charge < -0.3 is 9.47 Å². The molecule has 0 aliphatic carbocycles. The largest absolute Gasteiger partial charge is 0.483 e. The highest BCUT2D eigenvalue weighted by molar-refractivity contribution is 6.30. The van der Waals surface area contributed by atoms with Crippen molar-refractivity contribution in [1.29, 1.82) is 0 Å². The lowest BCUT2D eigenvalue weighted by Crippen LogP contribution is -2.25. The van der Waals surface area contributed by atoms with E-state index in [0.717, 1.165) is 11.1 Å². The van der Waals surface area contributed by atoms with Crippen molar-refractivity contribution in [3.05, 3.63) is 94.0 Å². The molecule has 0 radical (unpaired) electrons. The van der Waals surface area contributed by atoms with Gasteiger partial charge in [-0.25, -0.2) is 10.2 Å². The van der Waals surface area contributed by atoms with Crippen molar-refractivity contribution >= 4 is 29.7 Å². The number of nitrogens with zero attached hydrogens (tertiary/aromatic N) is 1. The van der Waals surface area contributed by atoms with Crippen molar-refractivity contribution in [3.63, 3.8) is 0 Å². The van der Waals surface area contributed by atoms with Gasteiger partial charge in [0.25, 0.3) is 5.91 Å². The lowest BCUT2D eigenvalue weighted by atomic mass is 10.0. The molecule has 1 N–H and O–H groups in total. The summed E-state index contributed by atoms with van der Waals surface area (Å²) in [6.45, 7) is 5.97. The molecular weight excluding hydrogens is 440 g/mol. The Labute approximate surface area is 198 Å². The minimum atomic E-state index is -0.497. The summed E-state index contributed by atoms with van der Waals surface area (Å²) in [4.78, 5) is 24.4. The van der Waals surface area contributed by atoms with Gasteiger partial charge in [-0.05, 0) is 72.0 Å². The van der Waals surface area contributed by atoms with E-state index < -0.39 is 5.97 Å². The van der Waals surface area contributed by atoms with Crippen LogP contribution in [-0.4, -0.2) is 24.7 Å². The van der Waals surface area contributed by atoms with Gasteiger partial charge in [0.1, 0.15) is 11.5 Å². The third-order valence-electron chi connectivity index (χ3n) is 4.70. The zero-order chi connectivity index (χ0) is 23.8. The lowest BCUT2D eigenvalue weighted by molar-refractivity contribution is -0.123. The molecule has 6 nitrogen and oxygen atoms in total. The van der Waals surface area contributed by atoms with Crippen molar-refractivity contribution in [3.8, 4) is 11.5 Å². The summed E-state index contributed by atoms with van der Waals surface area (Å²) in [5.41, 5.74) is 5.58. The number of esters is 1. The van der Waals surface area contributed by atoms with Crippen LogP contribution in [0.5, 0.6) is 11.5 Å². The monoisotopic (exact) mass is 464 g/mol. The maximum atomic E-state index is 12.2. The second kappa shape index (κ2) is 11.3. The molecule has 33 heavy (non-hydrogen) atoms. The summed E-state index contributed by atoms with van der Waals surface area (Å²) in [5, 5.41) is 4.50. The van der Waals surface area contributed by atoms with E-state index in [2.05, 4.69) is 24.4 Å². The summed E-state index contributed by atoms with van der Waals surface area (Å²) >= 11 is 5.84. The fourth-order valence-corrected chi connectivity index (χ4v) is 3.13. The van der Waals surface area contributed by atoms with Crippen LogP contribution in [0.25, 0.3) is 0 Å². The number of hydrogen-bond donors (Lipinski definition) is 1. The van der Waals surface area contributed by atoms with Gasteiger partial charge in [-0.2, -0.15) is 5.10 Å². The minimum absolute atomic E-state index is 0.154. The van der Waals surface area contributed by atoms with E-state index in [1.807, 2.05) is 25.1 Å². The van der Waals surface area contributed by atoms with Crippen LogP contribution >= 0.6 is 11.6 Å². The minimum Gasteiger partial charge on any atom is -0.483 e. The Balaban J connectivity index is 1.54. The summed E-state index contributed by atoms with van der Waals surface area (Å²) < 4.78 is 11.1. The van der Waals surface area contributed by atoms with E-state index in [1.54, 1.807) is 48.5 Å². The molecule has 0 fully saturated rings. The van der Waals surface area contributed by atoms with Crippen molar-refractivity contribution in [1.82, 2.24) is 5.43 Å². The first-order chi connectivity index (χ1) is 15.8. The molecule has 0 aliphatic heterocycles. The van der Waals surface area contributed by atoms with Crippen LogP contribution in [0.3, 0.4) is 0 Å². The SMILES string of the molecule is Cc1ccc(C(C)C)c(OCC(=O)N/N=C\c2cccc(OC(=O)c3ccc(Cl)cc3)c2)c1. The Morgan fingerprint density at radius 1 is 1.06 bits per heavy atom. The molecule has 0 saturated carbocycles. The fraction of sp³-hybridized carbons (Fsp3) is 0.192. The van der Waals surface area contributed by atoms with Gasteiger partial charge in [-0.3, -0.25) is 4.79 Å². The number of carbonyl (C=O) groups excluding carboxylic acids is 2. The van der Waals surface area contributed by atoms with Crippen LogP contribution < -0.4 is 14.9 Å². The Hall–Kier alpha value is -3.64. The highest BCUT2D eigenvalue weighted by Crippen LogP contribution is 2.27. The van der Waals surface area contributed by atoms with Gasteiger partial charge >= 0.3 is 5.97 Å². The van der Waals surface area contributed by atoms with E-state index in [-0.39, 0.29) is 18.4 Å². The molecule has 3 rings (SSSR count). The highest BCUT2D eigenvalue weighted by atomic mass is 35.5. The van der Waals surface area contributed by atoms with Crippen molar-refractivity contribution < 1.29 is 19.1 Å². The molecule has 7 heteroatoms. The van der Waals surface area contributed by atoms with Gasteiger partial charge in [0.2, 0.25) is 0 Å². The Morgan fingerprint density at radius 3 is 2.55 bits per heavy atom. The zero-order valence-electron chi connectivity index (χ0n) is 18.7. The van der Waals surface area contributed by atoms with E-state index in [9.17, 15) is 9.59 Å². The molecule has 1 amide bonds. The molecule has 0 atom stereocenters. The number of hydrazone groups is 1. The topological polar surface area (TPSA) is 77.0 Å². The summed E-state index contributed by atoms with van der Waals surface area (Å²) in [6, 6.07) is 19.2. The molecule has 0 bridgehead atoms. The van der Waals surface area contributed by atoms with Crippen LogP contribution in [0, 0.1) is 6.92 Å². The van der Waals surface area contributed by atoms with Crippen molar-refractivity contribution in [2.24, 2.45) is 5.10 Å². The van der Waals surface area contributed by atoms with Gasteiger partial charge in [0.05, 0.1) is 11.8 Å². The van der Waals surface area contributed by atoms with E-state index in [0.29, 0.717) is 27.6 Å². The third-order valence-corrected chi connectivity index (χ3v) is 4.95. The average molecular weight is 465 g/mol. The van der Waals surface area contributed by atoms with Crippen LogP contribution in [0.4, 0.5) is 0 Å². The maximum Gasteiger partial charge on any atom is 0.343 e. The van der Waals surface area contributed by atoms with Crippen LogP contribution in [0.1, 0.15) is 46.8 Å². The summed E-state index contributed by atoms with van der Waals surface area (Å²) in [7, 11) is 0. The fourth-order valence-electron chi connectivity index (χ4n) is 3.01. The number of carbonyl (C=O) groups is 2. The first-order valence-electron chi connectivity index (χ1n) is 10.4. The van der Waals surface area contributed by atoms with E-state index in [4.69, 9.17) is 21.1 Å². The normalized spacial score (nSPS) is 10.9. The smallest absolute Gasteiger partial charge is 0.343 e. The maximum absolute atomic E-state index is 12.2. The number of hydrogen-bond acceptors (Lipinski definition) is 5. The number of rotatable bonds is 8. The number of aryl methyl sites for hydroxylation is 1. The molecule has 0 aromatic heterocycles. The van der Waals surface area contributed by atoms with Crippen molar-refractivity contribution in [2.45, 2.75) is 26.7 Å². The third kappa shape index (κ3) is 7.19. The molecule has 0 spiro atoms. The second-order valence-corrected chi connectivity index (χ2v) is 8.18. The zero-order valence-corrected chi connectivity index (χ0v) is 19.4. The first kappa shape index (κ1) is 24.0. The molecule has 0 aliphatic rings. The number of benzene rings is 3. The summed E-state index contributed by atoms with van der Waals surface area (Å²) in [5.74, 6) is 0.451. The highest BCUT2D eigenvalue weighted by Gasteiger charge is 2.11. The number of halogens is 1. The standard InChI is InChI=1S/C26H25ClN2O4/c1-17(2)23-12-7-18(3)13-24(23)32-16-25(30)29-28-15-19-5-4-6-22(14-19)33-26(31)20-8-10-21(27)11-9-20/h4-15,17H,16H2,1-3H3,(H,29,30)/b28-15-. The Morgan fingerprint density at radius 2 is 1.82 bits per heavy atom. The van der Waals surface area contributed by atoms with E-state index in [1.165, 1.54) is 6.21 Å². The molecule has 0 saturated heterocycles. The molecule has 3 aromatic rings. The van der Waals surface area contributed by atoms with Gasteiger partial charge in [0.15, 0.2) is 6.61 Å². The Bertz CT molecular complexity index is 1160. The molecule has 0 unspecified atom stereocenters. The quantitative estimate of drug-likeness (QED) is 0.206. The number of ether oxygens (including phenoxy) is 2. The summed E-state index contributed by atoms with van der Waals surface area (Å²) in [6.07, 6.45) is 1.46. The molecular formula is C26H25ClN2O4. The first-order valence-corrected chi connectivity index (χ1v) is 10.8. The predicted octanol–water partition coefficient (Wildman–Crippen LogP) is 5.52. The van der Waals surface area contributed by atoms with Gasteiger partial charge in [0, 0.05) is 5.02 Å². The Kier molecular flexibility index (Phi) is 8.22. The lowest BCUT2D eigenvalue weighted by Gasteiger charge is -2.14. The number of amides is 1. The number of nitrogens with one attached hydrogen (secondary N) is 1. The average Bonchev–Trinajstić information content (AvgIpc) is 2.78. The van der Waals surface area contributed by atoms with Crippen LogP contribution in [0.2, 0.25) is 5.02 Å². The van der Waals surface area contributed by atoms with Gasteiger partial charge in [-0.15, -0.1) is 0 Å². The molecule has 170 valence electrons. The van der Waals surface area contributed by atoms with Gasteiger partial charge in [-0.1, -0.05) is 49.7 Å². The second-order valence-electron chi connectivity index (χ2n) is 7.75. The molecule has 3 aromatic carbocycles. The molecule has 0 heterocycles. The predicted molar refractivity (Wildman–Crippen MR) is 129 cm³/mol. The van der Waals surface area contributed by atoms with Crippen molar-refractivity contribution in [2.75, 3.05) is 6.61 Å².